The molecule has 3 nitrogen and oxygen atoms in total. The summed E-state index contributed by atoms with van der Waals surface area (Å²) in [5.74, 6) is 0.166. The Morgan fingerprint density at radius 1 is 1.00 bits per heavy atom. The molecule has 0 unspecified atom stereocenters. The monoisotopic (exact) mass is 275 g/mol. The van der Waals surface area contributed by atoms with E-state index in [1.807, 2.05) is 51.1 Å². The van der Waals surface area contributed by atoms with Crippen LogP contribution in [-0.2, 0) is 0 Å². The van der Waals surface area contributed by atoms with E-state index in [4.69, 9.17) is 5.73 Å². The first-order valence-electron chi connectivity index (χ1n) is 6.83. The molecule has 0 aromatic heterocycles. The largest absolute Gasteiger partial charge is 0.397 e. The van der Waals surface area contributed by atoms with Gasteiger partial charge < -0.3 is 5.73 Å². The zero-order valence-electron chi connectivity index (χ0n) is 12.4. The summed E-state index contributed by atoms with van der Waals surface area (Å²) in [5.41, 5.74) is 10.9. The van der Waals surface area contributed by atoms with E-state index in [1.54, 1.807) is 0 Å². The quantitative estimate of drug-likeness (QED) is 0.838. The van der Waals surface area contributed by atoms with Crippen molar-refractivity contribution in [3.05, 3.63) is 52.6 Å². The second-order valence-corrected chi connectivity index (χ2v) is 5.42. The summed E-state index contributed by atoms with van der Waals surface area (Å²) >= 11 is 0. The SMILES string of the molecule is Cc1ccc(-c2cc(C(C)C)c(C#N)c(N)c2C#N)cc1. The summed E-state index contributed by atoms with van der Waals surface area (Å²) in [5, 5.41) is 18.8. The van der Waals surface area contributed by atoms with Crippen molar-refractivity contribution in [3.63, 3.8) is 0 Å². The molecule has 2 aromatic rings. The van der Waals surface area contributed by atoms with Crippen molar-refractivity contribution in [3.8, 4) is 23.3 Å². The number of hydrogen-bond acceptors (Lipinski definition) is 3. The van der Waals surface area contributed by atoms with Crippen molar-refractivity contribution in [2.24, 2.45) is 0 Å². The second kappa shape index (κ2) is 5.69. The van der Waals surface area contributed by atoms with Gasteiger partial charge in [-0.25, -0.2) is 0 Å². The van der Waals surface area contributed by atoms with Crippen molar-refractivity contribution in [2.45, 2.75) is 26.7 Å². The van der Waals surface area contributed by atoms with E-state index in [0.717, 1.165) is 22.3 Å². The molecule has 0 aliphatic heterocycles. The summed E-state index contributed by atoms with van der Waals surface area (Å²) in [6, 6.07) is 14.1. The normalized spacial score (nSPS) is 10.2. The first-order chi connectivity index (χ1) is 9.99. The molecule has 104 valence electrons. The lowest BCUT2D eigenvalue weighted by Crippen LogP contribution is -2.03. The standard InChI is InChI=1S/C18H17N3/c1-11(2)14-8-15(13-6-4-12(3)5-7-13)17(10-20)18(21)16(14)9-19/h4-8,11H,21H2,1-3H3. The molecule has 0 fully saturated rings. The molecule has 0 radical (unpaired) electrons. The molecule has 2 aromatic carbocycles. The lowest BCUT2D eigenvalue weighted by Gasteiger charge is -2.15. The van der Waals surface area contributed by atoms with Crippen LogP contribution in [0.25, 0.3) is 11.1 Å². The first kappa shape index (κ1) is 14.6. The lowest BCUT2D eigenvalue weighted by molar-refractivity contribution is 0.863. The predicted octanol–water partition coefficient (Wildman–Crippen LogP) is 4.11. The van der Waals surface area contributed by atoms with Crippen LogP contribution >= 0.6 is 0 Å². The van der Waals surface area contributed by atoms with Crippen LogP contribution < -0.4 is 5.73 Å². The minimum absolute atomic E-state index is 0.166. The zero-order valence-corrected chi connectivity index (χ0v) is 12.4. The van der Waals surface area contributed by atoms with E-state index in [1.165, 1.54) is 0 Å². The maximum absolute atomic E-state index is 9.43. The third kappa shape index (κ3) is 2.59. The van der Waals surface area contributed by atoms with Crippen LogP contribution in [0.2, 0.25) is 0 Å². The molecule has 3 heteroatoms. The van der Waals surface area contributed by atoms with Crippen LogP contribution in [0.3, 0.4) is 0 Å². The third-order valence-corrected chi connectivity index (χ3v) is 3.60. The maximum atomic E-state index is 9.43. The Labute approximate surface area is 125 Å². The van der Waals surface area contributed by atoms with Crippen LogP contribution in [0.15, 0.2) is 30.3 Å². The van der Waals surface area contributed by atoms with Gasteiger partial charge in [0.05, 0.1) is 16.8 Å². The van der Waals surface area contributed by atoms with E-state index >= 15 is 0 Å². The van der Waals surface area contributed by atoms with Gasteiger partial charge in [0.25, 0.3) is 0 Å². The van der Waals surface area contributed by atoms with E-state index in [2.05, 4.69) is 12.1 Å². The smallest absolute Gasteiger partial charge is 0.102 e. The van der Waals surface area contributed by atoms with E-state index in [-0.39, 0.29) is 11.6 Å². The summed E-state index contributed by atoms with van der Waals surface area (Å²) in [6.45, 7) is 6.04. The van der Waals surface area contributed by atoms with Gasteiger partial charge in [-0.2, -0.15) is 10.5 Å². The molecule has 0 heterocycles. The molecule has 0 spiro atoms. The number of anilines is 1. The van der Waals surface area contributed by atoms with Crippen LogP contribution in [0.4, 0.5) is 5.69 Å². The van der Waals surface area contributed by atoms with Crippen molar-refractivity contribution >= 4 is 5.69 Å². The van der Waals surface area contributed by atoms with Gasteiger partial charge in [0, 0.05) is 5.56 Å². The molecule has 0 atom stereocenters. The van der Waals surface area contributed by atoms with E-state index < -0.39 is 0 Å². The molecular weight excluding hydrogens is 258 g/mol. The van der Waals surface area contributed by atoms with Crippen LogP contribution in [0, 0.1) is 29.6 Å². The maximum Gasteiger partial charge on any atom is 0.102 e. The number of nitrogen functional groups attached to an aromatic ring is 1. The highest BCUT2D eigenvalue weighted by molar-refractivity contribution is 5.82. The average molecular weight is 275 g/mol. The van der Waals surface area contributed by atoms with E-state index in [0.29, 0.717) is 11.1 Å². The topological polar surface area (TPSA) is 73.6 Å². The highest BCUT2D eigenvalue weighted by Gasteiger charge is 2.18. The Bertz CT molecular complexity index is 757. The summed E-state index contributed by atoms with van der Waals surface area (Å²) in [4.78, 5) is 0. The Morgan fingerprint density at radius 2 is 1.57 bits per heavy atom. The van der Waals surface area contributed by atoms with Crippen LogP contribution in [0.5, 0.6) is 0 Å². The minimum atomic E-state index is 0.166. The molecule has 2 N–H and O–H groups in total. The van der Waals surface area contributed by atoms with Gasteiger partial charge in [-0.05, 0) is 30.0 Å². The highest BCUT2D eigenvalue weighted by Crippen LogP contribution is 2.35. The van der Waals surface area contributed by atoms with Crippen LogP contribution in [-0.4, -0.2) is 0 Å². The number of aryl methyl sites for hydroxylation is 1. The molecule has 0 aliphatic rings. The van der Waals surface area contributed by atoms with Gasteiger partial charge in [-0.15, -0.1) is 0 Å². The fourth-order valence-corrected chi connectivity index (χ4v) is 2.39. The van der Waals surface area contributed by atoms with Gasteiger partial charge in [0.1, 0.15) is 12.1 Å². The van der Waals surface area contributed by atoms with Gasteiger partial charge in [-0.3, -0.25) is 0 Å². The molecule has 0 aliphatic carbocycles. The number of hydrogen-bond donors (Lipinski definition) is 1. The van der Waals surface area contributed by atoms with Gasteiger partial charge in [0.15, 0.2) is 0 Å². The summed E-state index contributed by atoms with van der Waals surface area (Å²) in [6.07, 6.45) is 0. The van der Waals surface area contributed by atoms with Crippen molar-refractivity contribution in [2.75, 3.05) is 5.73 Å². The fraction of sp³-hybridized carbons (Fsp3) is 0.222. The number of nitrogens with zero attached hydrogens (tertiary/aromatic N) is 2. The molecular formula is C18H17N3. The average Bonchev–Trinajstić information content (AvgIpc) is 2.47. The lowest BCUT2D eigenvalue weighted by atomic mass is 9.88. The van der Waals surface area contributed by atoms with Crippen molar-refractivity contribution in [1.82, 2.24) is 0 Å². The molecule has 0 saturated heterocycles. The van der Waals surface area contributed by atoms with Crippen LogP contribution in [0.1, 0.15) is 42.0 Å². The van der Waals surface area contributed by atoms with Crippen molar-refractivity contribution in [1.29, 1.82) is 10.5 Å². The molecule has 21 heavy (non-hydrogen) atoms. The summed E-state index contributed by atoms with van der Waals surface area (Å²) in [7, 11) is 0. The molecule has 0 saturated carbocycles. The zero-order chi connectivity index (χ0) is 15.6. The second-order valence-electron chi connectivity index (χ2n) is 5.42. The predicted molar refractivity (Wildman–Crippen MR) is 84.5 cm³/mol. The number of nitrogens with two attached hydrogens (primary N) is 1. The Balaban J connectivity index is 2.80. The Hall–Kier alpha value is -2.78. The van der Waals surface area contributed by atoms with Crippen molar-refractivity contribution < 1.29 is 0 Å². The molecule has 0 amide bonds. The van der Waals surface area contributed by atoms with E-state index in [9.17, 15) is 10.5 Å². The number of nitriles is 2. The van der Waals surface area contributed by atoms with Gasteiger partial charge in [0.2, 0.25) is 0 Å². The highest BCUT2D eigenvalue weighted by atomic mass is 14.6. The Kier molecular flexibility index (Phi) is 3.96. The minimum Gasteiger partial charge on any atom is -0.397 e. The summed E-state index contributed by atoms with van der Waals surface area (Å²) < 4.78 is 0. The number of rotatable bonds is 2. The fourth-order valence-electron chi connectivity index (χ4n) is 2.39. The molecule has 2 rings (SSSR count). The number of benzene rings is 2. The van der Waals surface area contributed by atoms with Gasteiger partial charge in [-0.1, -0.05) is 43.7 Å². The Morgan fingerprint density at radius 3 is 2.05 bits per heavy atom. The first-order valence-corrected chi connectivity index (χ1v) is 6.83. The third-order valence-electron chi connectivity index (χ3n) is 3.60. The van der Waals surface area contributed by atoms with Gasteiger partial charge >= 0.3 is 0 Å². The molecule has 0 bridgehead atoms.